The van der Waals surface area contributed by atoms with Gasteiger partial charge in [-0.1, -0.05) is 24.3 Å². The van der Waals surface area contributed by atoms with Gasteiger partial charge in [0.05, 0.1) is 12.8 Å². The normalized spacial score (nSPS) is 10.4. The maximum atomic E-state index is 5.55. The van der Waals surface area contributed by atoms with Crippen molar-refractivity contribution >= 4 is 16.6 Å². The number of anilines is 1. The quantitative estimate of drug-likeness (QED) is 0.724. The van der Waals surface area contributed by atoms with Crippen molar-refractivity contribution in [1.82, 2.24) is 9.97 Å². The minimum absolute atomic E-state index is 0.655. The molecule has 0 saturated heterocycles. The molecular formula is C18H17N3O. The van der Waals surface area contributed by atoms with Crippen LogP contribution in [0, 0.1) is 0 Å². The van der Waals surface area contributed by atoms with Crippen molar-refractivity contribution in [2.75, 3.05) is 19.0 Å². The van der Waals surface area contributed by atoms with Crippen LogP contribution >= 0.6 is 0 Å². The van der Waals surface area contributed by atoms with Gasteiger partial charge in [0.2, 0.25) is 0 Å². The van der Waals surface area contributed by atoms with Crippen LogP contribution in [-0.2, 0) is 0 Å². The molecule has 0 fully saturated rings. The lowest BCUT2D eigenvalue weighted by Crippen LogP contribution is -2.02. The third-order valence-electron chi connectivity index (χ3n) is 3.45. The van der Waals surface area contributed by atoms with Crippen molar-refractivity contribution in [3.63, 3.8) is 0 Å². The van der Waals surface area contributed by atoms with Crippen LogP contribution < -0.4 is 10.1 Å². The Bertz CT molecular complexity index is 800. The molecule has 0 aliphatic heterocycles. The molecule has 0 saturated carbocycles. The number of nitrogens with one attached hydrogen (secondary N) is 1. The van der Waals surface area contributed by atoms with Crippen LogP contribution in [0.3, 0.4) is 0 Å². The molecule has 0 aliphatic rings. The Morgan fingerprint density at radius 3 is 2.82 bits per heavy atom. The second-order valence-electron chi connectivity index (χ2n) is 4.79. The Balaban J connectivity index is 2.28. The van der Waals surface area contributed by atoms with Crippen LogP contribution in [0.15, 0.2) is 61.4 Å². The third kappa shape index (κ3) is 2.51. The molecule has 4 heteroatoms. The summed E-state index contributed by atoms with van der Waals surface area (Å²) in [4.78, 5) is 8.98. The summed E-state index contributed by atoms with van der Waals surface area (Å²) in [5, 5.41) is 5.27. The maximum absolute atomic E-state index is 5.55. The van der Waals surface area contributed by atoms with Gasteiger partial charge in [0.15, 0.2) is 0 Å². The van der Waals surface area contributed by atoms with E-state index in [1.807, 2.05) is 42.6 Å². The van der Waals surface area contributed by atoms with Crippen LogP contribution in [0.25, 0.3) is 22.0 Å². The topological polar surface area (TPSA) is 47.0 Å². The average molecular weight is 291 g/mol. The number of methoxy groups -OCH3 is 1. The molecule has 0 aliphatic carbocycles. The van der Waals surface area contributed by atoms with Gasteiger partial charge in [-0.3, -0.25) is 4.98 Å². The second-order valence-corrected chi connectivity index (χ2v) is 4.79. The fourth-order valence-electron chi connectivity index (χ4n) is 2.47. The van der Waals surface area contributed by atoms with Crippen molar-refractivity contribution in [3.05, 3.63) is 61.4 Å². The molecule has 2 heterocycles. The summed E-state index contributed by atoms with van der Waals surface area (Å²) < 4.78 is 5.55. The summed E-state index contributed by atoms with van der Waals surface area (Å²) in [5.41, 5.74) is 1.83. The number of hydrogen-bond donors (Lipinski definition) is 1. The fourth-order valence-corrected chi connectivity index (χ4v) is 2.47. The molecule has 4 nitrogen and oxygen atoms in total. The Labute approximate surface area is 129 Å². The summed E-state index contributed by atoms with van der Waals surface area (Å²) in [6, 6.07) is 11.8. The zero-order chi connectivity index (χ0) is 15.4. The Morgan fingerprint density at radius 2 is 2.09 bits per heavy atom. The van der Waals surface area contributed by atoms with Gasteiger partial charge in [0, 0.05) is 35.3 Å². The smallest absolute Gasteiger partial charge is 0.134 e. The maximum Gasteiger partial charge on any atom is 0.134 e. The van der Waals surface area contributed by atoms with Gasteiger partial charge in [-0.25, -0.2) is 4.98 Å². The highest BCUT2D eigenvalue weighted by atomic mass is 16.5. The molecule has 22 heavy (non-hydrogen) atoms. The predicted octanol–water partition coefficient (Wildman–Crippen LogP) is 3.90. The lowest BCUT2D eigenvalue weighted by atomic mass is 10.0. The van der Waals surface area contributed by atoms with Gasteiger partial charge in [-0.05, 0) is 18.2 Å². The molecule has 3 aromatic rings. The number of pyridine rings is 2. The number of aromatic nitrogens is 2. The Kier molecular flexibility index (Phi) is 4.01. The monoisotopic (exact) mass is 291 g/mol. The molecule has 0 bridgehead atoms. The fraction of sp³-hybridized carbons (Fsp3) is 0.111. The van der Waals surface area contributed by atoms with Gasteiger partial charge in [-0.15, -0.1) is 6.58 Å². The van der Waals surface area contributed by atoms with Crippen LogP contribution in [0.5, 0.6) is 5.75 Å². The van der Waals surface area contributed by atoms with E-state index in [1.54, 1.807) is 19.4 Å². The summed E-state index contributed by atoms with van der Waals surface area (Å²) in [7, 11) is 1.67. The number of fused-ring (bicyclic) bond motifs is 1. The largest absolute Gasteiger partial charge is 0.496 e. The highest BCUT2D eigenvalue weighted by Gasteiger charge is 2.13. The molecule has 0 amide bonds. The van der Waals surface area contributed by atoms with E-state index in [1.165, 1.54) is 0 Å². The van der Waals surface area contributed by atoms with E-state index in [0.717, 1.165) is 33.6 Å². The van der Waals surface area contributed by atoms with E-state index in [-0.39, 0.29) is 0 Å². The minimum Gasteiger partial charge on any atom is -0.496 e. The SMILES string of the molecule is C=CCNc1ncc(-c2ccccn2)c2c(OC)cccc12. The zero-order valence-electron chi connectivity index (χ0n) is 12.4. The summed E-state index contributed by atoms with van der Waals surface area (Å²) in [5.74, 6) is 1.62. The number of rotatable bonds is 5. The average Bonchev–Trinajstić information content (AvgIpc) is 2.59. The van der Waals surface area contributed by atoms with Gasteiger partial charge in [0.1, 0.15) is 11.6 Å². The van der Waals surface area contributed by atoms with Crippen LogP contribution in [-0.4, -0.2) is 23.6 Å². The van der Waals surface area contributed by atoms with Crippen LogP contribution in [0.2, 0.25) is 0 Å². The molecule has 110 valence electrons. The number of hydrogen-bond acceptors (Lipinski definition) is 4. The number of benzene rings is 1. The summed E-state index contributed by atoms with van der Waals surface area (Å²) in [6.45, 7) is 4.38. The minimum atomic E-state index is 0.655. The van der Waals surface area contributed by atoms with E-state index < -0.39 is 0 Å². The Hall–Kier alpha value is -2.88. The van der Waals surface area contributed by atoms with Crippen molar-refractivity contribution in [2.45, 2.75) is 0 Å². The van der Waals surface area contributed by atoms with E-state index in [2.05, 4.69) is 21.9 Å². The van der Waals surface area contributed by atoms with Crippen LogP contribution in [0.1, 0.15) is 0 Å². The first-order valence-corrected chi connectivity index (χ1v) is 7.07. The van der Waals surface area contributed by atoms with E-state index in [4.69, 9.17) is 4.74 Å². The third-order valence-corrected chi connectivity index (χ3v) is 3.45. The standard InChI is InChI=1S/C18H17N3O/c1-3-10-20-18-13-7-6-9-16(22-2)17(13)14(12-21-18)15-8-4-5-11-19-15/h3-9,11-12H,1,10H2,2H3,(H,20,21). The first kappa shape index (κ1) is 14.1. The summed E-state index contributed by atoms with van der Waals surface area (Å²) in [6.07, 6.45) is 5.42. The lowest BCUT2D eigenvalue weighted by Gasteiger charge is -2.13. The van der Waals surface area contributed by atoms with E-state index in [9.17, 15) is 0 Å². The first-order chi connectivity index (χ1) is 10.8. The molecular weight excluding hydrogens is 274 g/mol. The molecule has 1 aromatic carbocycles. The highest BCUT2D eigenvalue weighted by molar-refractivity contribution is 6.04. The van der Waals surface area contributed by atoms with Gasteiger partial charge in [0.25, 0.3) is 0 Å². The second kappa shape index (κ2) is 6.26. The first-order valence-electron chi connectivity index (χ1n) is 7.07. The van der Waals surface area contributed by atoms with Crippen molar-refractivity contribution in [2.24, 2.45) is 0 Å². The molecule has 3 rings (SSSR count). The lowest BCUT2D eigenvalue weighted by molar-refractivity contribution is 0.420. The van der Waals surface area contributed by atoms with Gasteiger partial charge >= 0.3 is 0 Å². The molecule has 1 N–H and O–H groups in total. The van der Waals surface area contributed by atoms with Crippen molar-refractivity contribution < 1.29 is 4.74 Å². The van der Waals surface area contributed by atoms with Gasteiger partial charge in [-0.2, -0.15) is 0 Å². The molecule has 0 unspecified atom stereocenters. The Morgan fingerprint density at radius 1 is 1.18 bits per heavy atom. The molecule has 0 atom stereocenters. The van der Waals surface area contributed by atoms with Crippen LogP contribution in [0.4, 0.5) is 5.82 Å². The van der Waals surface area contributed by atoms with Crippen molar-refractivity contribution in [1.29, 1.82) is 0 Å². The predicted molar refractivity (Wildman–Crippen MR) is 90.2 cm³/mol. The molecule has 0 radical (unpaired) electrons. The van der Waals surface area contributed by atoms with Crippen molar-refractivity contribution in [3.8, 4) is 17.0 Å². The zero-order valence-corrected chi connectivity index (χ0v) is 12.4. The summed E-state index contributed by atoms with van der Waals surface area (Å²) >= 11 is 0. The van der Waals surface area contributed by atoms with E-state index in [0.29, 0.717) is 6.54 Å². The highest BCUT2D eigenvalue weighted by Crippen LogP contribution is 2.36. The molecule has 0 spiro atoms. The van der Waals surface area contributed by atoms with Gasteiger partial charge < -0.3 is 10.1 Å². The number of ether oxygens (including phenoxy) is 1. The van der Waals surface area contributed by atoms with E-state index >= 15 is 0 Å². The molecule has 2 aromatic heterocycles. The number of nitrogens with zero attached hydrogens (tertiary/aromatic N) is 2.